The van der Waals surface area contributed by atoms with E-state index in [0.717, 1.165) is 16.0 Å². The molecule has 172 valence electrons. The van der Waals surface area contributed by atoms with Crippen molar-refractivity contribution in [2.45, 2.75) is 13.5 Å². The number of nitrogens with zero attached hydrogens (tertiary/aromatic N) is 1. The highest BCUT2D eigenvalue weighted by Crippen LogP contribution is 2.35. The van der Waals surface area contributed by atoms with Gasteiger partial charge in [-0.3, -0.25) is 14.9 Å². The molecule has 2 N–H and O–H groups in total. The summed E-state index contributed by atoms with van der Waals surface area (Å²) in [5, 5.41) is 12.1. The molecule has 0 atom stereocenters. The molecular formula is C25H18Cl2N2O5. The van der Waals surface area contributed by atoms with E-state index in [9.17, 15) is 19.5 Å². The summed E-state index contributed by atoms with van der Waals surface area (Å²) in [5.41, 5.74) is 2.16. The van der Waals surface area contributed by atoms with Gasteiger partial charge in [-0.1, -0.05) is 53.0 Å². The minimum Gasteiger partial charge on any atom is -0.508 e. The van der Waals surface area contributed by atoms with Crippen molar-refractivity contribution in [1.29, 1.82) is 0 Å². The highest BCUT2D eigenvalue weighted by atomic mass is 35.5. The lowest BCUT2D eigenvalue weighted by Crippen LogP contribution is -2.54. The van der Waals surface area contributed by atoms with Crippen LogP contribution in [0.1, 0.15) is 16.7 Å². The second kappa shape index (κ2) is 9.59. The Bertz CT molecular complexity index is 1320. The van der Waals surface area contributed by atoms with Crippen LogP contribution in [-0.2, 0) is 16.2 Å². The molecular weight excluding hydrogens is 479 g/mol. The Morgan fingerprint density at radius 2 is 1.68 bits per heavy atom. The molecule has 1 fully saturated rings. The number of nitrogens with one attached hydrogen (secondary N) is 1. The molecule has 34 heavy (non-hydrogen) atoms. The van der Waals surface area contributed by atoms with Gasteiger partial charge in [0.15, 0.2) is 0 Å². The summed E-state index contributed by atoms with van der Waals surface area (Å²) in [7, 11) is 0. The third kappa shape index (κ3) is 4.90. The van der Waals surface area contributed by atoms with Crippen LogP contribution < -0.4 is 15.0 Å². The van der Waals surface area contributed by atoms with Crippen LogP contribution in [0, 0.1) is 6.92 Å². The van der Waals surface area contributed by atoms with Crippen molar-refractivity contribution in [1.82, 2.24) is 5.32 Å². The fourth-order valence-corrected chi connectivity index (χ4v) is 3.89. The molecule has 4 rings (SSSR count). The number of carbonyl (C=O) groups is 3. The van der Waals surface area contributed by atoms with Crippen LogP contribution in [0.4, 0.5) is 10.5 Å². The quantitative estimate of drug-likeness (QED) is 0.371. The van der Waals surface area contributed by atoms with Crippen molar-refractivity contribution in [3.8, 4) is 11.5 Å². The number of aromatic hydroxyl groups is 1. The van der Waals surface area contributed by atoms with Crippen LogP contribution in [0.3, 0.4) is 0 Å². The van der Waals surface area contributed by atoms with Gasteiger partial charge in [0.1, 0.15) is 23.7 Å². The molecule has 0 bridgehead atoms. The van der Waals surface area contributed by atoms with Gasteiger partial charge in [0.2, 0.25) is 0 Å². The number of phenols is 1. The van der Waals surface area contributed by atoms with E-state index in [4.69, 9.17) is 27.9 Å². The van der Waals surface area contributed by atoms with Gasteiger partial charge in [-0.05, 0) is 55.0 Å². The molecule has 0 aromatic heterocycles. The number of ether oxygens (including phenoxy) is 1. The normalized spacial score (nSPS) is 15.0. The Balaban J connectivity index is 1.70. The zero-order valence-corrected chi connectivity index (χ0v) is 19.4. The molecule has 3 aromatic rings. The summed E-state index contributed by atoms with van der Waals surface area (Å²) in [6.45, 7) is 2.17. The number of amides is 4. The van der Waals surface area contributed by atoms with Crippen molar-refractivity contribution in [3.63, 3.8) is 0 Å². The number of benzene rings is 3. The second-order valence-corrected chi connectivity index (χ2v) is 8.40. The Hall–Kier alpha value is -3.81. The lowest BCUT2D eigenvalue weighted by molar-refractivity contribution is -0.122. The van der Waals surface area contributed by atoms with Gasteiger partial charge in [-0.2, -0.15) is 0 Å². The van der Waals surface area contributed by atoms with Crippen LogP contribution in [0.25, 0.3) is 6.08 Å². The Labute approximate surface area is 205 Å². The number of aryl methyl sites for hydroxylation is 1. The number of anilines is 1. The van der Waals surface area contributed by atoms with E-state index >= 15 is 0 Å². The number of hydrogen-bond donors (Lipinski definition) is 2. The smallest absolute Gasteiger partial charge is 0.335 e. The van der Waals surface area contributed by atoms with Crippen LogP contribution in [0.15, 0.2) is 66.2 Å². The molecule has 1 heterocycles. The minimum atomic E-state index is -0.905. The molecule has 1 aliphatic rings. The molecule has 7 nitrogen and oxygen atoms in total. The van der Waals surface area contributed by atoms with Crippen LogP contribution in [0.2, 0.25) is 10.0 Å². The summed E-state index contributed by atoms with van der Waals surface area (Å²) in [5.74, 6) is -1.53. The summed E-state index contributed by atoms with van der Waals surface area (Å²) in [4.78, 5) is 38.9. The Kier molecular flexibility index (Phi) is 6.58. The number of halogens is 2. The number of imide groups is 2. The van der Waals surface area contributed by atoms with Crippen molar-refractivity contribution in [2.24, 2.45) is 0 Å². The number of urea groups is 1. The topological polar surface area (TPSA) is 95.9 Å². The number of barbiturate groups is 1. The first kappa shape index (κ1) is 23.4. The molecule has 0 unspecified atom stereocenters. The first-order valence-corrected chi connectivity index (χ1v) is 10.9. The molecule has 0 spiro atoms. The predicted molar refractivity (Wildman–Crippen MR) is 129 cm³/mol. The SMILES string of the molecule is Cc1ccc(COc2c(Cl)cc(Cl)cc2/C=C2\C(=O)NC(=O)N(c3ccc(O)cc3)C2=O)cc1. The lowest BCUT2D eigenvalue weighted by Gasteiger charge is -2.26. The number of hydrogen-bond acceptors (Lipinski definition) is 5. The van der Waals surface area contributed by atoms with Gasteiger partial charge in [0.25, 0.3) is 11.8 Å². The predicted octanol–water partition coefficient (Wildman–Crippen LogP) is 5.25. The molecule has 1 saturated heterocycles. The number of phenolic OH excluding ortho intramolecular Hbond substituents is 1. The van der Waals surface area contributed by atoms with E-state index in [1.165, 1.54) is 42.5 Å². The zero-order chi connectivity index (χ0) is 24.4. The number of rotatable bonds is 5. The first-order valence-electron chi connectivity index (χ1n) is 10.1. The van der Waals surface area contributed by atoms with Crippen molar-refractivity contribution in [3.05, 3.63) is 93.0 Å². The van der Waals surface area contributed by atoms with Crippen LogP contribution >= 0.6 is 23.2 Å². The summed E-state index contributed by atoms with van der Waals surface area (Å²) >= 11 is 12.5. The Morgan fingerprint density at radius 1 is 1.00 bits per heavy atom. The molecule has 0 aliphatic carbocycles. The highest BCUT2D eigenvalue weighted by molar-refractivity contribution is 6.40. The van der Waals surface area contributed by atoms with E-state index in [1.807, 2.05) is 31.2 Å². The molecule has 9 heteroatoms. The maximum atomic E-state index is 13.1. The standard InChI is InChI=1S/C25H18Cl2N2O5/c1-14-2-4-15(5-3-14)13-34-22-16(10-17(26)12-21(22)27)11-20-23(31)28-25(33)29(24(20)32)18-6-8-19(30)9-7-18/h2-12,30H,13H2,1H3,(H,28,31,33)/b20-11+. The van der Waals surface area contributed by atoms with Gasteiger partial charge in [0, 0.05) is 10.6 Å². The van der Waals surface area contributed by atoms with E-state index in [0.29, 0.717) is 5.56 Å². The Morgan fingerprint density at radius 3 is 2.35 bits per heavy atom. The summed E-state index contributed by atoms with van der Waals surface area (Å²) in [6, 6.07) is 15.2. The third-order valence-electron chi connectivity index (χ3n) is 5.05. The van der Waals surface area contributed by atoms with Crippen molar-refractivity contribution in [2.75, 3.05) is 4.90 Å². The van der Waals surface area contributed by atoms with E-state index in [2.05, 4.69) is 5.32 Å². The van der Waals surface area contributed by atoms with Crippen LogP contribution in [-0.4, -0.2) is 23.0 Å². The summed E-state index contributed by atoms with van der Waals surface area (Å²) in [6.07, 6.45) is 1.28. The van der Waals surface area contributed by atoms with E-state index in [-0.39, 0.29) is 39.4 Å². The average molecular weight is 497 g/mol. The first-order chi connectivity index (χ1) is 16.2. The minimum absolute atomic E-state index is 0.0376. The van der Waals surface area contributed by atoms with E-state index < -0.39 is 17.8 Å². The van der Waals surface area contributed by atoms with E-state index in [1.54, 1.807) is 0 Å². The second-order valence-electron chi connectivity index (χ2n) is 7.55. The van der Waals surface area contributed by atoms with Gasteiger partial charge in [0.05, 0.1) is 10.7 Å². The lowest BCUT2D eigenvalue weighted by atomic mass is 10.1. The highest BCUT2D eigenvalue weighted by Gasteiger charge is 2.37. The maximum Gasteiger partial charge on any atom is 0.335 e. The third-order valence-corrected chi connectivity index (χ3v) is 5.55. The van der Waals surface area contributed by atoms with Gasteiger partial charge < -0.3 is 9.84 Å². The number of carbonyl (C=O) groups excluding carboxylic acids is 3. The van der Waals surface area contributed by atoms with Gasteiger partial charge in [-0.15, -0.1) is 0 Å². The zero-order valence-electron chi connectivity index (χ0n) is 17.8. The fraction of sp³-hybridized carbons (Fsp3) is 0.0800. The maximum absolute atomic E-state index is 13.1. The molecule has 0 saturated carbocycles. The largest absolute Gasteiger partial charge is 0.508 e. The molecule has 0 radical (unpaired) electrons. The molecule has 3 aromatic carbocycles. The summed E-state index contributed by atoms with van der Waals surface area (Å²) < 4.78 is 5.92. The van der Waals surface area contributed by atoms with Crippen LogP contribution in [0.5, 0.6) is 11.5 Å². The van der Waals surface area contributed by atoms with Gasteiger partial charge in [-0.25, -0.2) is 9.69 Å². The van der Waals surface area contributed by atoms with Crippen molar-refractivity contribution < 1.29 is 24.2 Å². The fourth-order valence-electron chi connectivity index (χ4n) is 3.33. The van der Waals surface area contributed by atoms with Gasteiger partial charge >= 0.3 is 6.03 Å². The molecule has 1 aliphatic heterocycles. The monoisotopic (exact) mass is 496 g/mol. The average Bonchev–Trinajstić information content (AvgIpc) is 2.78. The van der Waals surface area contributed by atoms with Crippen molar-refractivity contribution >= 4 is 52.8 Å². The molecule has 4 amide bonds.